The maximum absolute atomic E-state index is 12.5. The first-order valence-electron chi connectivity index (χ1n) is 3.72. The standard InChI is InChI=1S/C8H6F2INO3/c1-15-8(14)6-5(11)4(7(9)10)3(13)2-12-6/h2,7,13H,1H3. The molecule has 0 radical (unpaired) electrons. The lowest BCUT2D eigenvalue weighted by Gasteiger charge is -2.08. The molecule has 82 valence electrons. The molecule has 1 rings (SSSR count). The van der Waals surface area contributed by atoms with E-state index in [-0.39, 0.29) is 9.26 Å². The summed E-state index contributed by atoms with van der Waals surface area (Å²) < 4.78 is 29.2. The lowest BCUT2D eigenvalue weighted by Crippen LogP contribution is -2.09. The molecule has 0 aliphatic rings. The largest absolute Gasteiger partial charge is 0.506 e. The number of esters is 1. The summed E-state index contributed by atoms with van der Waals surface area (Å²) in [6.45, 7) is 0. The van der Waals surface area contributed by atoms with Crippen LogP contribution in [0.5, 0.6) is 5.75 Å². The van der Waals surface area contributed by atoms with Crippen molar-refractivity contribution in [1.29, 1.82) is 0 Å². The van der Waals surface area contributed by atoms with Crippen molar-refractivity contribution in [2.24, 2.45) is 0 Å². The highest BCUT2D eigenvalue weighted by Gasteiger charge is 2.23. The number of aromatic hydroxyl groups is 1. The molecule has 0 saturated carbocycles. The van der Waals surface area contributed by atoms with E-state index in [9.17, 15) is 13.6 Å². The van der Waals surface area contributed by atoms with Crippen LogP contribution in [0.15, 0.2) is 6.20 Å². The molecular formula is C8H6F2INO3. The van der Waals surface area contributed by atoms with Crippen LogP contribution in [0.2, 0.25) is 0 Å². The Morgan fingerprint density at radius 1 is 1.67 bits per heavy atom. The minimum atomic E-state index is -2.87. The van der Waals surface area contributed by atoms with Crippen molar-refractivity contribution in [2.75, 3.05) is 7.11 Å². The van der Waals surface area contributed by atoms with Gasteiger partial charge in [-0.2, -0.15) is 0 Å². The molecule has 0 amide bonds. The second-order valence-corrected chi connectivity index (χ2v) is 3.59. The first kappa shape index (κ1) is 12.1. The number of hydrogen-bond donors (Lipinski definition) is 1. The minimum Gasteiger partial charge on any atom is -0.506 e. The topological polar surface area (TPSA) is 59.4 Å². The molecule has 0 unspecified atom stereocenters. The number of alkyl halides is 2. The van der Waals surface area contributed by atoms with Crippen molar-refractivity contribution in [3.63, 3.8) is 0 Å². The molecule has 1 aromatic heterocycles. The number of nitrogens with zero attached hydrogens (tertiary/aromatic N) is 1. The Morgan fingerprint density at radius 3 is 2.73 bits per heavy atom. The highest BCUT2D eigenvalue weighted by molar-refractivity contribution is 14.1. The molecule has 1 heterocycles. The number of rotatable bonds is 2. The van der Waals surface area contributed by atoms with Crippen LogP contribution in [-0.2, 0) is 4.74 Å². The first-order valence-corrected chi connectivity index (χ1v) is 4.80. The summed E-state index contributed by atoms with van der Waals surface area (Å²) in [5.74, 6) is -1.46. The Morgan fingerprint density at radius 2 is 2.27 bits per heavy atom. The predicted octanol–water partition coefficient (Wildman–Crippen LogP) is 2.12. The zero-order valence-corrected chi connectivity index (χ0v) is 9.66. The molecule has 0 bridgehead atoms. The average molecular weight is 329 g/mol. The molecular weight excluding hydrogens is 323 g/mol. The summed E-state index contributed by atoms with van der Waals surface area (Å²) in [6, 6.07) is 0. The number of aromatic nitrogens is 1. The second-order valence-electron chi connectivity index (χ2n) is 2.51. The quantitative estimate of drug-likeness (QED) is 0.667. The summed E-state index contributed by atoms with van der Waals surface area (Å²) in [5.41, 5.74) is -0.836. The lowest BCUT2D eigenvalue weighted by molar-refractivity contribution is 0.0591. The van der Waals surface area contributed by atoms with Gasteiger partial charge in [-0.1, -0.05) is 0 Å². The summed E-state index contributed by atoms with van der Waals surface area (Å²) >= 11 is 1.52. The minimum absolute atomic E-state index is 0.102. The molecule has 0 aromatic carbocycles. The Bertz CT molecular complexity index is 398. The fourth-order valence-electron chi connectivity index (χ4n) is 0.938. The molecule has 0 atom stereocenters. The maximum atomic E-state index is 12.5. The zero-order valence-electron chi connectivity index (χ0n) is 7.50. The molecule has 0 saturated heterocycles. The van der Waals surface area contributed by atoms with Crippen LogP contribution in [0.3, 0.4) is 0 Å². The van der Waals surface area contributed by atoms with Crippen molar-refractivity contribution in [3.05, 3.63) is 21.0 Å². The van der Waals surface area contributed by atoms with Crippen LogP contribution < -0.4 is 0 Å². The van der Waals surface area contributed by atoms with Gasteiger partial charge in [-0.3, -0.25) is 0 Å². The Hall–Kier alpha value is -0.990. The average Bonchev–Trinajstić information content (AvgIpc) is 2.16. The summed E-state index contributed by atoms with van der Waals surface area (Å²) in [5, 5.41) is 9.14. The van der Waals surface area contributed by atoms with E-state index in [0.717, 1.165) is 13.3 Å². The molecule has 7 heteroatoms. The summed E-state index contributed by atoms with van der Waals surface area (Å²) in [4.78, 5) is 14.6. The van der Waals surface area contributed by atoms with Gasteiger partial charge in [0.05, 0.1) is 22.4 Å². The van der Waals surface area contributed by atoms with Gasteiger partial charge in [0.1, 0.15) is 5.75 Å². The highest BCUT2D eigenvalue weighted by Crippen LogP contribution is 2.33. The number of pyridine rings is 1. The predicted molar refractivity (Wildman–Crippen MR) is 54.9 cm³/mol. The molecule has 15 heavy (non-hydrogen) atoms. The number of methoxy groups -OCH3 is 1. The Labute approximate surface area is 97.4 Å². The molecule has 1 aromatic rings. The van der Waals surface area contributed by atoms with Gasteiger partial charge in [-0.25, -0.2) is 18.6 Å². The van der Waals surface area contributed by atoms with Gasteiger partial charge in [0.25, 0.3) is 6.43 Å². The fraction of sp³-hybridized carbons (Fsp3) is 0.250. The van der Waals surface area contributed by atoms with Gasteiger partial charge in [0.15, 0.2) is 5.69 Å². The third-order valence-corrected chi connectivity index (χ3v) is 2.73. The number of ether oxygens (including phenoxy) is 1. The lowest BCUT2D eigenvalue weighted by atomic mass is 10.2. The van der Waals surface area contributed by atoms with Gasteiger partial charge in [-0.05, 0) is 22.6 Å². The van der Waals surface area contributed by atoms with Crippen molar-refractivity contribution in [1.82, 2.24) is 4.98 Å². The second kappa shape index (κ2) is 4.69. The monoisotopic (exact) mass is 329 g/mol. The fourth-order valence-corrected chi connectivity index (χ4v) is 1.81. The molecule has 0 aliphatic carbocycles. The van der Waals surface area contributed by atoms with Crippen molar-refractivity contribution in [2.45, 2.75) is 6.43 Å². The van der Waals surface area contributed by atoms with E-state index in [0.29, 0.717) is 0 Å². The molecule has 0 fully saturated rings. The van der Waals surface area contributed by atoms with Gasteiger partial charge in [0, 0.05) is 0 Å². The van der Waals surface area contributed by atoms with Crippen LogP contribution in [0.1, 0.15) is 22.5 Å². The van der Waals surface area contributed by atoms with E-state index < -0.39 is 23.7 Å². The molecule has 4 nitrogen and oxygen atoms in total. The van der Waals surface area contributed by atoms with Crippen LogP contribution in [-0.4, -0.2) is 23.2 Å². The van der Waals surface area contributed by atoms with Crippen molar-refractivity contribution < 1.29 is 23.4 Å². The van der Waals surface area contributed by atoms with E-state index >= 15 is 0 Å². The third-order valence-electron chi connectivity index (χ3n) is 1.63. The Balaban J connectivity index is 3.35. The first-order chi connectivity index (χ1) is 6.99. The number of hydrogen-bond acceptors (Lipinski definition) is 4. The van der Waals surface area contributed by atoms with E-state index in [1.54, 1.807) is 0 Å². The molecule has 0 spiro atoms. The van der Waals surface area contributed by atoms with Gasteiger partial charge in [0.2, 0.25) is 0 Å². The van der Waals surface area contributed by atoms with E-state index in [1.807, 2.05) is 0 Å². The highest BCUT2D eigenvalue weighted by atomic mass is 127. The van der Waals surface area contributed by atoms with E-state index in [1.165, 1.54) is 22.6 Å². The zero-order chi connectivity index (χ0) is 11.6. The van der Waals surface area contributed by atoms with E-state index in [4.69, 9.17) is 5.11 Å². The van der Waals surface area contributed by atoms with E-state index in [2.05, 4.69) is 9.72 Å². The van der Waals surface area contributed by atoms with Crippen LogP contribution in [0.4, 0.5) is 8.78 Å². The van der Waals surface area contributed by atoms with Gasteiger partial charge < -0.3 is 9.84 Å². The maximum Gasteiger partial charge on any atom is 0.357 e. The molecule has 0 aliphatic heterocycles. The summed E-state index contributed by atoms with van der Waals surface area (Å²) in [7, 11) is 1.12. The van der Waals surface area contributed by atoms with Crippen molar-refractivity contribution >= 4 is 28.6 Å². The summed E-state index contributed by atoms with van der Waals surface area (Å²) in [6.07, 6.45) is -2.07. The number of carbonyl (C=O) groups excluding carboxylic acids is 1. The van der Waals surface area contributed by atoms with Crippen LogP contribution >= 0.6 is 22.6 Å². The molecule has 1 N–H and O–H groups in total. The third kappa shape index (κ3) is 2.33. The smallest absolute Gasteiger partial charge is 0.357 e. The number of halogens is 3. The number of carbonyl (C=O) groups is 1. The SMILES string of the molecule is COC(=O)c1ncc(O)c(C(F)F)c1I. The van der Waals surface area contributed by atoms with Crippen LogP contribution in [0, 0.1) is 3.57 Å². The van der Waals surface area contributed by atoms with Gasteiger partial charge in [-0.15, -0.1) is 0 Å². The Kier molecular flexibility index (Phi) is 3.77. The van der Waals surface area contributed by atoms with Crippen molar-refractivity contribution in [3.8, 4) is 5.75 Å². The normalized spacial score (nSPS) is 10.5. The van der Waals surface area contributed by atoms with Gasteiger partial charge >= 0.3 is 5.97 Å². The van der Waals surface area contributed by atoms with Crippen LogP contribution in [0.25, 0.3) is 0 Å².